The second-order valence-corrected chi connectivity index (χ2v) is 6.44. The minimum absolute atomic E-state index is 0.300. The predicted molar refractivity (Wildman–Crippen MR) is 88.2 cm³/mol. The highest BCUT2D eigenvalue weighted by Gasteiger charge is 2.22. The maximum atomic E-state index is 9.28. The van der Waals surface area contributed by atoms with Gasteiger partial charge in [-0.2, -0.15) is 4.98 Å². The van der Waals surface area contributed by atoms with Gasteiger partial charge in [0, 0.05) is 26.2 Å². The van der Waals surface area contributed by atoms with Crippen molar-refractivity contribution in [2.45, 2.75) is 26.2 Å². The average Bonchev–Trinajstić information content (AvgIpc) is 3.00. The summed E-state index contributed by atoms with van der Waals surface area (Å²) in [5.41, 5.74) is 0. The molecule has 3 heterocycles. The third-order valence-corrected chi connectivity index (χ3v) is 4.82. The lowest BCUT2D eigenvalue weighted by atomic mass is 9.98. The summed E-state index contributed by atoms with van der Waals surface area (Å²) in [4.78, 5) is 12.7. The molecule has 114 valence electrons. The maximum absolute atomic E-state index is 9.28. The first-order valence-electron chi connectivity index (χ1n) is 7.66. The van der Waals surface area contributed by atoms with Crippen LogP contribution in [0.15, 0.2) is 11.4 Å². The zero-order valence-corrected chi connectivity index (χ0v) is 13.2. The Bertz CT molecular complexity index is 592. The molecule has 0 unspecified atom stereocenters. The quantitative estimate of drug-likeness (QED) is 0.889. The van der Waals surface area contributed by atoms with Crippen molar-refractivity contribution in [2.24, 2.45) is 5.92 Å². The molecule has 2 aromatic rings. The van der Waals surface area contributed by atoms with Crippen LogP contribution in [0, 0.1) is 5.92 Å². The molecule has 1 aliphatic heterocycles. The highest BCUT2D eigenvalue weighted by Crippen LogP contribution is 2.31. The van der Waals surface area contributed by atoms with Crippen molar-refractivity contribution in [2.75, 3.05) is 36.5 Å². The van der Waals surface area contributed by atoms with Crippen LogP contribution in [0.3, 0.4) is 0 Å². The number of aliphatic hydroxyl groups excluding tert-OH is 1. The normalized spacial score (nSPS) is 16.6. The topological polar surface area (TPSA) is 61.3 Å². The Hall–Kier alpha value is -1.40. The predicted octanol–water partition coefficient (Wildman–Crippen LogP) is 2.72. The maximum Gasteiger partial charge on any atom is 0.226 e. The van der Waals surface area contributed by atoms with Crippen LogP contribution < -0.4 is 10.2 Å². The van der Waals surface area contributed by atoms with Gasteiger partial charge in [0.15, 0.2) is 0 Å². The fourth-order valence-electron chi connectivity index (χ4n) is 2.72. The van der Waals surface area contributed by atoms with E-state index in [1.54, 1.807) is 11.3 Å². The van der Waals surface area contributed by atoms with Crippen molar-refractivity contribution in [1.82, 2.24) is 9.97 Å². The van der Waals surface area contributed by atoms with Gasteiger partial charge in [-0.05, 0) is 36.6 Å². The molecule has 21 heavy (non-hydrogen) atoms. The molecular formula is C15H22N4OS. The van der Waals surface area contributed by atoms with Crippen LogP contribution in [0.4, 0.5) is 11.8 Å². The van der Waals surface area contributed by atoms with E-state index in [1.165, 1.54) is 0 Å². The van der Waals surface area contributed by atoms with E-state index >= 15 is 0 Å². The number of nitrogens with one attached hydrogen (secondary N) is 1. The average molecular weight is 306 g/mol. The lowest BCUT2D eigenvalue weighted by Crippen LogP contribution is -2.35. The molecule has 0 aliphatic carbocycles. The number of anilines is 2. The van der Waals surface area contributed by atoms with Gasteiger partial charge in [0.2, 0.25) is 5.95 Å². The lowest BCUT2D eigenvalue weighted by Gasteiger charge is -2.32. The molecule has 0 spiro atoms. The van der Waals surface area contributed by atoms with Crippen LogP contribution in [0.1, 0.15) is 26.2 Å². The van der Waals surface area contributed by atoms with E-state index in [0.717, 1.165) is 60.9 Å². The van der Waals surface area contributed by atoms with Gasteiger partial charge < -0.3 is 15.3 Å². The SMILES string of the molecule is CCCNc1nc(N2CCC(CO)CC2)c2ccsc2n1. The molecule has 2 aromatic heterocycles. The van der Waals surface area contributed by atoms with E-state index in [4.69, 9.17) is 4.98 Å². The van der Waals surface area contributed by atoms with Crippen molar-refractivity contribution < 1.29 is 5.11 Å². The van der Waals surface area contributed by atoms with Crippen molar-refractivity contribution in [1.29, 1.82) is 0 Å². The minimum Gasteiger partial charge on any atom is -0.396 e. The second-order valence-electron chi connectivity index (χ2n) is 5.55. The van der Waals surface area contributed by atoms with E-state index in [1.807, 2.05) is 0 Å². The largest absolute Gasteiger partial charge is 0.396 e. The molecule has 5 nitrogen and oxygen atoms in total. The molecule has 0 bridgehead atoms. The smallest absolute Gasteiger partial charge is 0.226 e. The highest BCUT2D eigenvalue weighted by molar-refractivity contribution is 7.16. The van der Waals surface area contributed by atoms with Gasteiger partial charge in [-0.1, -0.05) is 6.92 Å². The monoisotopic (exact) mass is 306 g/mol. The Balaban J connectivity index is 1.87. The van der Waals surface area contributed by atoms with Gasteiger partial charge in [-0.3, -0.25) is 0 Å². The van der Waals surface area contributed by atoms with Crippen LogP contribution in [0.25, 0.3) is 10.2 Å². The minimum atomic E-state index is 0.300. The zero-order chi connectivity index (χ0) is 14.7. The summed E-state index contributed by atoms with van der Waals surface area (Å²) in [6.07, 6.45) is 3.12. The molecule has 1 aliphatic rings. The molecule has 0 aromatic carbocycles. The van der Waals surface area contributed by atoms with Gasteiger partial charge >= 0.3 is 0 Å². The number of nitrogens with zero attached hydrogens (tertiary/aromatic N) is 3. The molecule has 0 radical (unpaired) electrons. The fourth-order valence-corrected chi connectivity index (χ4v) is 3.48. The molecule has 3 rings (SSSR count). The van der Waals surface area contributed by atoms with Gasteiger partial charge in [0.05, 0.1) is 5.39 Å². The summed E-state index contributed by atoms with van der Waals surface area (Å²) in [5.74, 6) is 2.21. The first-order valence-corrected chi connectivity index (χ1v) is 8.54. The molecule has 0 atom stereocenters. The van der Waals surface area contributed by atoms with Crippen molar-refractivity contribution in [3.8, 4) is 0 Å². The van der Waals surface area contributed by atoms with Gasteiger partial charge in [0.1, 0.15) is 10.6 Å². The van der Waals surface area contributed by atoms with Gasteiger partial charge in [-0.25, -0.2) is 4.98 Å². The summed E-state index contributed by atoms with van der Waals surface area (Å²) in [6.45, 7) is 5.25. The summed E-state index contributed by atoms with van der Waals surface area (Å²) in [6, 6.07) is 2.11. The van der Waals surface area contributed by atoms with Crippen molar-refractivity contribution in [3.05, 3.63) is 11.4 Å². The number of hydrogen-bond donors (Lipinski definition) is 2. The van der Waals surface area contributed by atoms with E-state index in [2.05, 4.69) is 33.6 Å². The van der Waals surface area contributed by atoms with Crippen LogP contribution in [-0.4, -0.2) is 41.3 Å². The molecule has 2 N–H and O–H groups in total. The zero-order valence-electron chi connectivity index (χ0n) is 12.4. The van der Waals surface area contributed by atoms with Crippen molar-refractivity contribution >= 4 is 33.3 Å². The highest BCUT2D eigenvalue weighted by atomic mass is 32.1. The Morgan fingerprint density at radius 1 is 1.38 bits per heavy atom. The van der Waals surface area contributed by atoms with Gasteiger partial charge in [-0.15, -0.1) is 11.3 Å². The molecule has 0 amide bonds. The molecule has 0 saturated carbocycles. The summed E-state index contributed by atoms with van der Waals surface area (Å²) >= 11 is 1.66. The molecule has 1 saturated heterocycles. The van der Waals surface area contributed by atoms with E-state index in [0.29, 0.717) is 12.5 Å². The number of hydrogen-bond acceptors (Lipinski definition) is 6. The first-order chi connectivity index (χ1) is 10.3. The van der Waals surface area contributed by atoms with E-state index in [9.17, 15) is 5.11 Å². The van der Waals surface area contributed by atoms with E-state index < -0.39 is 0 Å². The Kier molecular flexibility index (Phi) is 4.55. The first kappa shape index (κ1) is 14.5. The van der Waals surface area contributed by atoms with Crippen LogP contribution in [-0.2, 0) is 0 Å². The number of thiophene rings is 1. The third-order valence-electron chi connectivity index (χ3n) is 4.01. The van der Waals surface area contributed by atoms with Crippen LogP contribution in [0.2, 0.25) is 0 Å². The third kappa shape index (κ3) is 3.11. The summed E-state index contributed by atoms with van der Waals surface area (Å²) in [7, 11) is 0. The molecule has 6 heteroatoms. The number of piperidine rings is 1. The standard InChI is InChI=1S/C15H22N4OS/c1-2-6-16-15-17-13(12-5-9-21-14(12)18-15)19-7-3-11(10-20)4-8-19/h5,9,11,20H,2-4,6-8,10H2,1H3,(H,16,17,18). The van der Waals surface area contributed by atoms with Crippen LogP contribution >= 0.6 is 11.3 Å². The van der Waals surface area contributed by atoms with Gasteiger partial charge in [0.25, 0.3) is 0 Å². The number of fused-ring (bicyclic) bond motifs is 1. The summed E-state index contributed by atoms with van der Waals surface area (Å²) < 4.78 is 0. The second kappa shape index (κ2) is 6.58. The summed E-state index contributed by atoms with van der Waals surface area (Å²) in [5, 5.41) is 15.8. The van der Waals surface area contributed by atoms with Crippen LogP contribution in [0.5, 0.6) is 0 Å². The Labute approximate surface area is 129 Å². The van der Waals surface area contributed by atoms with E-state index in [-0.39, 0.29) is 0 Å². The number of aliphatic hydroxyl groups is 1. The Morgan fingerprint density at radius 2 is 2.19 bits per heavy atom. The number of rotatable bonds is 5. The van der Waals surface area contributed by atoms with Crippen molar-refractivity contribution in [3.63, 3.8) is 0 Å². The fraction of sp³-hybridized carbons (Fsp3) is 0.600. The Morgan fingerprint density at radius 3 is 2.90 bits per heavy atom. The lowest BCUT2D eigenvalue weighted by molar-refractivity contribution is 0.203. The molecular weight excluding hydrogens is 284 g/mol. The number of aromatic nitrogens is 2. The molecule has 1 fully saturated rings.